The number of fused-ring (bicyclic) bond motifs is 1. The molecule has 0 spiro atoms. The third kappa shape index (κ3) is 1.63. The van der Waals surface area contributed by atoms with Crippen molar-refractivity contribution >= 4 is 0 Å². The van der Waals surface area contributed by atoms with E-state index >= 15 is 0 Å². The van der Waals surface area contributed by atoms with Crippen LogP contribution >= 0.6 is 0 Å². The van der Waals surface area contributed by atoms with Crippen molar-refractivity contribution in [3.63, 3.8) is 0 Å². The van der Waals surface area contributed by atoms with Gasteiger partial charge in [-0.25, -0.2) is 0 Å². The van der Waals surface area contributed by atoms with E-state index in [0.29, 0.717) is 0 Å². The van der Waals surface area contributed by atoms with Crippen molar-refractivity contribution in [2.24, 2.45) is 0 Å². The summed E-state index contributed by atoms with van der Waals surface area (Å²) in [6.07, 6.45) is 3.38. The molecule has 0 saturated heterocycles. The van der Waals surface area contributed by atoms with Crippen LogP contribution in [0.5, 0.6) is 5.75 Å². The monoisotopic (exact) mass is 190 g/mol. The number of benzene rings is 1. The summed E-state index contributed by atoms with van der Waals surface area (Å²) >= 11 is 0. The standard InChI is InChI=1S/C13H18O/c1-4-13(3)8-7-11-9-10(2)5-6-12(11)14-13/h5-6,9H,4,7-8H2,1-3H3. The molecule has 1 heterocycles. The maximum Gasteiger partial charge on any atom is 0.123 e. The zero-order chi connectivity index (χ0) is 10.2. The maximum absolute atomic E-state index is 6.02. The summed E-state index contributed by atoms with van der Waals surface area (Å²) in [7, 11) is 0. The van der Waals surface area contributed by atoms with E-state index in [-0.39, 0.29) is 5.60 Å². The van der Waals surface area contributed by atoms with E-state index in [1.807, 2.05) is 0 Å². The molecule has 0 radical (unpaired) electrons. The highest BCUT2D eigenvalue weighted by Gasteiger charge is 2.29. The number of aryl methyl sites for hydroxylation is 2. The number of rotatable bonds is 1. The predicted molar refractivity (Wildman–Crippen MR) is 58.8 cm³/mol. The van der Waals surface area contributed by atoms with Gasteiger partial charge in [0.15, 0.2) is 0 Å². The lowest BCUT2D eigenvalue weighted by Crippen LogP contribution is -2.35. The average molecular weight is 190 g/mol. The minimum atomic E-state index is 0.0578. The van der Waals surface area contributed by atoms with Crippen molar-refractivity contribution in [1.82, 2.24) is 0 Å². The number of hydrogen-bond donors (Lipinski definition) is 0. The Hall–Kier alpha value is -0.980. The fourth-order valence-electron chi connectivity index (χ4n) is 1.97. The Kier molecular flexibility index (Phi) is 2.26. The molecule has 1 aromatic carbocycles. The fraction of sp³-hybridized carbons (Fsp3) is 0.538. The molecule has 1 aliphatic heterocycles. The van der Waals surface area contributed by atoms with Crippen LogP contribution in [0, 0.1) is 6.92 Å². The summed E-state index contributed by atoms with van der Waals surface area (Å²) in [6, 6.07) is 6.47. The smallest absolute Gasteiger partial charge is 0.123 e. The van der Waals surface area contributed by atoms with E-state index < -0.39 is 0 Å². The van der Waals surface area contributed by atoms with Gasteiger partial charge in [0.25, 0.3) is 0 Å². The Morgan fingerprint density at radius 2 is 2.21 bits per heavy atom. The number of ether oxygens (including phenoxy) is 1. The van der Waals surface area contributed by atoms with E-state index in [0.717, 1.165) is 25.0 Å². The predicted octanol–water partition coefficient (Wildman–Crippen LogP) is 3.49. The maximum atomic E-state index is 6.02. The van der Waals surface area contributed by atoms with Crippen LogP contribution in [0.1, 0.15) is 37.8 Å². The second kappa shape index (κ2) is 3.30. The first-order chi connectivity index (χ1) is 6.63. The van der Waals surface area contributed by atoms with Gasteiger partial charge in [0, 0.05) is 0 Å². The molecule has 14 heavy (non-hydrogen) atoms. The Balaban J connectivity index is 2.31. The molecule has 1 nitrogen and oxygen atoms in total. The van der Waals surface area contributed by atoms with Crippen LogP contribution in [-0.4, -0.2) is 5.60 Å². The molecule has 1 atom stereocenters. The van der Waals surface area contributed by atoms with Crippen LogP contribution in [0.3, 0.4) is 0 Å². The highest BCUT2D eigenvalue weighted by molar-refractivity contribution is 5.39. The Labute approximate surface area is 86.1 Å². The zero-order valence-corrected chi connectivity index (χ0v) is 9.26. The largest absolute Gasteiger partial charge is 0.487 e. The third-order valence-electron chi connectivity index (χ3n) is 3.24. The van der Waals surface area contributed by atoms with Crippen molar-refractivity contribution in [3.05, 3.63) is 29.3 Å². The third-order valence-corrected chi connectivity index (χ3v) is 3.24. The highest BCUT2D eigenvalue weighted by Crippen LogP contribution is 2.35. The van der Waals surface area contributed by atoms with Crippen LogP contribution in [0.25, 0.3) is 0 Å². The molecule has 1 aliphatic rings. The molecule has 2 rings (SSSR count). The lowest BCUT2D eigenvalue weighted by molar-refractivity contribution is 0.0612. The van der Waals surface area contributed by atoms with Gasteiger partial charge >= 0.3 is 0 Å². The van der Waals surface area contributed by atoms with Gasteiger partial charge in [0.1, 0.15) is 11.4 Å². The fourth-order valence-corrected chi connectivity index (χ4v) is 1.97. The quantitative estimate of drug-likeness (QED) is 0.658. The van der Waals surface area contributed by atoms with Crippen molar-refractivity contribution in [2.45, 2.75) is 45.6 Å². The second-order valence-electron chi connectivity index (χ2n) is 4.52. The normalized spacial score (nSPS) is 25.4. The van der Waals surface area contributed by atoms with Crippen LogP contribution in [-0.2, 0) is 6.42 Å². The van der Waals surface area contributed by atoms with Gasteiger partial charge in [-0.1, -0.05) is 24.6 Å². The van der Waals surface area contributed by atoms with Gasteiger partial charge in [-0.05, 0) is 44.7 Å². The molecule has 1 unspecified atom stereocenters. The van der Waals surface area contributed by atoms with Gasteiger partial charge in [0.05, 0.1) is 0 Å². The average Bonchev–Trinajstić information content (AvgIpc) is 2.19. The second-order valence-corrected chi connectivity index (χ2v) is 4.52. The Bertz CT molecular complexity index is 343. The van der Waals surface area contributed by atoms with Crippen molar-refractivity contribution in [1.29, 1.82) is 0 Å². The zero-order valence-electron chi connectivity index (χ0n) is 9.26. The Morgan fingerprint density at radius 1 is 1.43 bits per heavy atom. The van der Waals surface area contributed by atoms with Gasteiger partial charge in [0.2, 0.25) is 0 Å². The van der Waals surface area contributed by atoms with E-state index in [1.165, 1.54) is 11.1 Å². The van der Waals surface area contributed by atoms with E-state index in [2.05, 4.69) is 39.0 Å². The summed E-state index contributed by atoms with van der Waals surface area (Å²) in [5.74, 6) is 1.09. The van der Waals surface area contributed by atoms with Crippen molar-refractivity contribution in [2.75, 3.05) is 0 Å². The van der Waals surface area contributed by atoms with E-state index in [9.17, 15) is 0 Å². The molecule has 0 bridgehead atoms. The molecule has 0 aromatic heterocycles. The van der Waals surface area contributed by atoms with E-state index in [4.69, 9.17) is 4.74 Å². The molecule has 0 amide bonds. The summed E-state index contributed by atoms with van der Waals surface area (Å²) < 4.78 is 6.02. The summed E-state index contributed by atoms with van der Waals surface area (Å²) in [4.78, 5) is 0. The van der Waals surface area contributed by atoms with E-state index in [1.54, 1.807) is 0 Å². The minimum Gasteiger partial charge on any atom is -0.487 e. The van der Waals surface area contributed by atoms with Crippen LogP contribution in [0.15, 0.2) is 18.2 Å². The van der Waals surface area contributed by atoms with Crippen molar-refractivity contribution in [3.8, 4) is 5.75 Å². The first kappa shape index (κ1) is 9.57. The minimum absolute atomic E-state index is 0.0578. The first-order valence-corrected chi connectivity index (χ1v) is 5.41. The van der Waals surface area contributed by atoms with Crippen LogP contribution in [0.4, 0.5) is 0 Å². The molecule has 0 N–H and O–H groups in total. The molecule has 0 saturated carbocycles. The highest BCUT2D eigenvalue weighted by atomic mass is 16.5. The molecule has 0 fully saturated rings. The molecule has 1 aromatic rings. The summed E-state index contributed by atoms with van der Waals surface area (Å²) in [5, 5.41) is 0. The van der Waals surface area contributed by atoms with Gasteiger partial charge in [-0.3, -0.25) is 0 Å². The topological polar surface area (TPSA) is 9.23 Å². The van der Waals surface area contributed by atoms with Gasteiger partial charge in [-0.15, -0.1) is 0 Å². The summed E-state index contributed by atoms with van der Waals surface area (Å²) in [5.41, 5.74) is 2.76. The van der Waals surface area contributed by atoms with Crippen molar-refractivity contribution < 1.29 is 4.74 Å². The molecule has 1 heteroatoms. The summed E-state index contributed by atoms with van der Waals surface area (Å²) in [6.45, 7) is 6.53. The Morgan fingerprint density at radius 3 is 2.93 bits per heavy atom. The molecule has 76 valence electrons. The van der Waals surface area contributed by atoms with Gasteiger partial charge in [-0.2, -0.15) is 0 Å². The van der Waals surface area contributed by atoms with Crippen LogP contribution in [0.2, 0.25) is 0 Å². The molecular formula is C13H18O. The molecular weight excluding hydrogens is 172 g/mol. The lowest BCUT2D eigenvalue weighted by Gasteiger charge is -2.35. The first-order valence-electron chi connectivity index (χ1n) is 5.41. The SMILES string of the molecule is CCC1(C)CCc2cc(C)ccc2O1. The molecule has 0 aliphatic carbocycles. The van der Waals surface area contributed by atoms with Crippen LogP contribution < -0.4 is 4.74 Å². The number of hydrogen-bond acceptors (Lipinski definition) is 1. The lowest BCUT2D eigenvalue weighted by atomic mass is 9.90. The van der Waals surface area contributed by atoms with Gasteiger partial charge < -0.3 is 4.74 Å².